The van der Waals surface area contributed by atoms with Gasteiger partial charge in [-0.15, -0.1) is 0 Å². The molecule has 2 atom stereocenters. The fourth-order valence-corrected chi connectivity index (χ4v) is 2.46. The largest absolute Gasteiger partial charge is 0.355 e. The van der Waals surface area contributed by atoms with Crippen LogP contribution < -0.4 is 38.9 Å². The maximum absolute atomic E-state index is 11.8. The number of nitrogens with one attached hydrogen (secondary N) is 2. The van der Waals surface area contributed by atoms with Gasteiger partial charge in [-0.25, -0.2) is 5.32 Å². The van der Waals surface area contributed by atoms with Gasteiger partial charge in [0.1, 0.15) is 0 Å². The fourth-order valence-electron chi connectivity index (χ4n) is 2.46. The van der Waals surface area contributed by atoms with Crippen molar-refractivity contribution in [1.29, 1.82) is 0 Å². The van der Waals surface area contributed by atoms with E-state index in [0.29, 0.717) is 52.1 Å². The Morgan fingerprint density at radius 1 is 0.704 bits per heavy atom. The van der Waals surface area contributed by atoms with Crippen molar-refractivity contribution >= 4 is 11.8 Å². The number of nitrogens with zero attached hydrogens (tertiary/aromatic N) is 1. The van der Waals surface area contributed by atoms with Crippen molar-refractivity contribution in [2.45, 2.75) is 63.5 Å². The van der Waals surface area contributed by atoms with Crippen LogP contribution in [0.3, 0.4) is 0 Å². The standard InChI is InChI=1S/C18H40N7O2/c19-9-3-1-7-15(21)17(26)24-13-5-11-23-12-6-14-25-18(27)16(22)8-2-4-10-20/h15-16H,1-14,19-22H2,(H,24,26)(H,25,27). The van der Waals surface area contributed by atoms with Crippen LogP contribution in [0.2, 0.25) is 0 Å². The Kier molecular flexibility index (Phi) is 17.3. The van der Waals surface area contributed by atoms with Gasteiger partial charge in [-0.1, -0.05) is 12.8 Å². The minimum Gasteiger partial charge on any atom is -0.355 e. The Balaban J connectivity index is 3.46. The van der Waals surface area contributed by atoms with E-state index < -0.39 is 12.1 Å². The SMILES string of the molecule is NCCCCC(N)C(=O)NCCC[N]CCCNC(=O)C(N)CCCCN. The summed E-state index contributed by atoms with van der Waals surface area (Å²) in [6.45, 7) is 3.75. The number of rotatable bonds is 18. The van der Waals surface area contributed by atoms with E-state index >= 15 is 0 Å². The lowest BCUT2D eigenvalue weighted by molar-refractivity contribution is -0.123. The summed E-state index contributed by atoms with van der Waals surface area (Å²) in [6, 6.07) is -0.919. The first-order valence-corrected chi connectivity index (χ1v) is 10.1. The number of amides is 2. The van der Waals surface area contributed by atoms with E-state index in [4.69, 9.17) is 22.9 Å². The van der Waals surface area contributed by atoms with Gasteiger partial charge in [0.15, 0.2) is 0 Å². The zero-order valence-electron chi connectivity index (χ0n) is 16.6. The highest BCUT2D eigenvalue weighted by Crippen LogP contribution is 1.98. The Bertz CT molecular complexity index is 349. The van der Waals surface area contributed by atoms with Gasteiger partial charge in [0, 0.05) is 26.2 Å². The molecule has 0 saturated carbocycles. The fraction of sp³-hybridized carbons (Fsp3) is 0.889. The quantitative estimate of drug-likeness (QED) is 0.156. The lowest BCUT2D eigenvalue weighted by Gasteiger charge is -2.12. The van der Waals surface area contributed by atoms with Gasteiger partial charge in [-0.2, -0.15) is 0 Å². The molecule has 0 aromatic carbocycles. The van der Waals surface area contributed by atoms with Crippen LogP contribution in [0.25, 0.3) is 0 Å². The molecule has 2 unspecified atom stereocenters. The number of unbranched alkanes of at least 4 members (excludes halogenated alkanes) is 2. The molecule has 10 N–H and O–H groups in total. The molecule has 1 radical (unpaired) electrons. The number of nitrogens with two attached hydrogens (primary N) is 4. The van der Waals surface area contributed by atoms with Gasteiger partial charge in [0.25, 0.3) is 0 Å². The summed E-state index contributed by atoms with van der Waals surface area (Å²) in [7, 11) is 0. The third-order valence-corrected chi connectivity index (χ3v) is 4.20. The molecule has 0 saturated heterocycles. The van der Waals surface area contributed by atoms with E-state index in [2.05, 4.69) is 16.0 Å². The average Bonchev–Trinajstić information content (AvgIpc) is 2.66. The molecule has 0 heterocycles. The molecule has 9 nitrogen and oxygen atoms in total. The van der Waals surface area contributed by atoms with E-state index in [0.717, 1.165) is 38.5 Å². The number of carbonyl (C=O) groups is 2. The second-order valence-corrected chi connectivity index (χ2v) is 6.74. The van der Waals surface area contributed by atoms with Crippen LogP contribution in [0.1, 0.15) is 51.4 Å². The number of carbonyl (C=O) groups excluding carboxylic acids is 2. The van der Waals surface area contributed by atoms with Crippen LogP contribution in [0.15, 0.2) is 0 Å². The highest BCUT2D eigenvalue weighted by molar-refractivity contribution is 5.81. The first kappa shape index (κ1) is 25.7. The van der Waals surface area contributed by atoms with Gasteiger partial charge in [0.2, 0.25) is 11.8 Å². The molecule has 0 fully saturated rings. The maximum atomic E-state index is 11.8. The maximum Gasteiger partial charge on any atom is 0.236 e. The predicted molar refractivity (Wildman–Crippen MR) is 109 cm³/mol. The molecule has 0 rings (SSSR count). The monoisotopic (exact) mass is 386 g/mol. The van der Waals surface area contributed by atoms with Crippen molar-refractivity contribution in [3.63, 3.8) is 0 Å². The van der Waals surface area contributed by atoms with Crippen molar-refractivity contribution < 1.29 is 9.59 Å². The summed E-state index contributed by atoms with van der Waals surface area (Å²) >= 11 is 0. The Morgan fingerprint density at radius 3 is 1.48 bits per heavy atom. The third kappa shape index (κ3) is 15.5. The van der Waals surface area contributed by atoms with E-state index in [1.54, 1.807) is 0 Å². The molecule has 159 valence electrons. The van der Waals surface area contributed by atoms with Crippen molar-refractivity contribution in [2.24, 2.45) is 22.9 Å². The number of hydrogen-bond acceptors (Lipinski definition) is 6. The molecule has 0 aliphatic rings. The van der Waals surface area contributed by atoms with Crippen LogP contribution >= 0.6 is 0 Å². The topological polar surface area (TPSA) is 176 Å². The summed E-state index contributed by atoms with van der Waals surface area (Å²) in [5, 5.41) is 10.0. The highest BCUT2D eigenvalue weighted by Gasteiger charge is 2.12. The van der Waals surface area contributed by atoms with E-state index in [9.17, 15) is 9.59 Å². The van der Waals surface area contributed by atoms with Crippen LogP contribution in [0, 0.1) is 0 Å². The molecule has 0 bridgehead atoms. The van der Waals surface area contributed by atoms with Crippen molar-refractivity contribution in [3.05, 3.63) is 0 Å². The van der Waals surface area contributed by atoms with Gasteiger partial charge < -0.3 is 33.6 Å². The summed E-state index contributed by atoms with van der Waals surface area (Å²) < 4.78 is 0. The second kappa shape index (κ2) is 18.1. The minimum absolute atomic E-state index is 0.113. The van der Waals surface area contributed by atoms with Crippen LogP contribution in [-0.2, 0) is 9.59 Å². The highest BCUT2D eigenvalue weighted by atomic mass is 16.2. The molecule has 0 aromatic heterocycles. The third-order valence-electron chi connectivity index (χ3n) is 4.20. The lowest BCUT2D eigenvalue weighted by atomic mass is 10.1. The smallest absolute Gasteiger partial charge is 0.236 e. The van der Waals surface area contributed by atoms with Gasteiger partial charge >= 0.3 is 0 Å². The molecular weight excluding hydrogens is 346 g/mol. The van der Waals surface area contributed by atoms with Crippen molar-refractivity contribution in [3.8, 4) is 0 Å². The molecule has 0 aliphatic carbocycles. The zero-order chi connectivity index (χ0) is 20.3. The van der Waals surface area contributed by atoms with E-state index in [-0.39, 0.29) is 11.8 Å². The van der Waals surface area contributed by atoms with Gasteiger partial charge in [0.05, 0.1) is 12.1 Å². The summed E-state index contributed by atoms with van der Waals surface area (Å²) in [6.07, 6.45) is 6.40. The molecular formula is C18H40N7O2. The number of hydrogen-bond donors (Lipinski definition) is 6. The molecule has 0 aromatic rings. The van der Waals surface area contributed by atoms with Gasteiger partial charge in [-0.05, 0) is 51.6 Å². The lowest BCUT2D eigenvalue weighted by Crippen LogP contribution is -2.41. The summed E-state index contributed by atoms with van der Waals surface area (Å²) in [5.74, 6) is -0.227. The van der Waals surface area contributed by atoms with Crippen molar-refractivity contribution in [2.75, 3.05) is 39.3 Å². The van der Waals surface area contributed by atoms with Crippen LogP contribution in [-0.4, -0.2) is 63.2 Å². The molecule has 9 heteroatoms. The molecule has 2 amide bonds. The van der Waals surface area contributed by atoms with E-state index in [1.165, 1.54) is 0 Å². The summed E-state index contributed by atoms with van der Waals surface area (Å²) in [5.41, 5.74) is 22.4. The second-order valence-electron chi connectivity index (χ2n) is 6.74. The van der Waals surface area contributed by atoms with Crippen LogP contribution in [0.4, 0.5) is 0 Å². The average molecular weight is 387 g/mol. The first-order valence-electron chi connectivity index (χ1n) is 10.1. The zero-order valence-corrected chi connectivity index (χ0v) is 16.6. The summed E-state index contributed by atoms with van der Waals surface area (Å²) in [4.78, 5) is 23.5. The van der Waals surface area contributed by atoms with Gasteiger partial charge in [-0.3, -0.25) is 9.59 Å². The normalized spacial score (nSPS) is 13.2. The van der Waals surface area contributed by atoms with Crippen LogP contribution in [0.5, 0.6) is 0 Å². The van der Waals surface area contributed by atoms with Crippen molar-refractivity contribution in [1.82, 2.24) is 16.0 Å². The Labute approximate surface area is 163 Å². The minimum atomic E-state index is -0.459. The molecule has 0 spiro atoms. The molecule has 0 aliphatic heterocycles. The van der Waals surface area contributed by atoms with E-state index in [1.807, 2.05) is 0 Å². The molecule has 27 heavy (non-hydrogen) atoms. The Morgan fingerprint density at radius 2 is 1.11 bits per heavy atom. The predicted octanol–water partition coefficient (Wildman–Crippen LogP) is -1.48. The Hall–Kier alpha value is -1.26. The first-order chi connectivity index (χ1) is 13.0.